The lowest BCUT2D eigenvalue weighted by atomic mass is 9.73. The predicted octanol–water partition coefficient (Wildman–Crippen LogP) is 12.8. The molecule has 16 heteroatoms. The summed E-state index contributed by atoms with van der Waals surface area (Å²) in [6.45, 7) is 19.6. The molecule has 0 amide bonds. The molecule has 4 aliphatic heterocycles. The van der Waals surface area contributed by atoms with E-state index in [4.69, 9.17) is 56.5 Å². The standard InChI is InChI=1S/C64H96O15Si/c1-12-16-17-18-22-25-59(65)77-62-49(35-60(66)69-10)34-56-40-58(46(6)73-44-71-42-47-23-20-19-21-24-47)76-61(67)41-52(72-43-48-26-28-50(68-9)29-27-48)36-54-38-57(79-80(13-2,14-3)15-4)39-55(75-54)37-53-33-45(5)32-51(74-53)30-31-63(7,8)64(62,70-11)78-56/h19-21,23-24,26-31,35,46,51-58,62H,5,12-18,22,25,32-34,36-44H2,1-4,6-11H3/b31-30+,49-35+/t46-,51+,52-,53+,54-,55+,56+,57+,58-,62+,64-/m1/s1. The number of unbranched alkanes of at least 4 members (excludes halogenated alkanes) is 4. The van der Waals surface area contributed by atoms with Crippen LogP contribution >= 0.6 is 0 Å². The quantitative estimate of drug-likeness (QED) is 0.0185. The Balaban J connectivity index is 1.42. The molecule has 80 heavy (non-hydrogen) atoms. The summed E-state index contributed by atoms with van der Waals surface area (Å²) in [5.74, 6) is -2.59. The third kappa shape index (κ3) is 18.9. The molecule has 3 saturated heterocycles. The van der Waals surface area contributed by atoms with E-state index >= 15 is 0 Å². The van der Waals surface area contributed by atoms with Crippen LogP contribution < -0.4 is 4.74 Å². The molecule has 0 spiro atoms. The van der Waals surface area contributed by atoms with E-state index in [0.29, 0.717) is 57.1 Å². The van der Waals surface area contributed by atoms with E-state index in [9.17, 15) is 14.4 Å². The maximum atomic E-state index is 14.9. The number of benzene rings is 2. The fraction of sp³-hybridized carbons (Fsp3) is 0.672. The minimum absolute atomic E-state index is 0.0436. The average molecular weight is 1130 g/mol. The molecule has 2 aromatic carbocycles. The summed E-state index contributed by atoms with van der Waals surface area (Å²) in [6.07, 6.45) is 8.67. The van der Waals surface area contributed by atoms with Crippen molar-refractivity contribution >= 4 is 26.2 Å². The molecule has 11 atom stereocenters. The van der Waals surface area contributed by atoms with E-state index in [2.05, 4.69) is 34.3 Å². The third-order valence-electron chi connectivity index (χ3n) is 16.7. The summed E-state index contributed by atoms with van der Waals surface area (Å²) in [5, 5.41) is 0. The molecular formula is C64H96O15Si. The van der Waals surface area contributed by atoms with Crippen LogP contribution in [-0.2, 0) is 79.4 Å². The summed E-state index contributed by atoms with van der Waals surface area (Å²) in [5.41, 5.74) is 2.31. The molecule has 6 bridgehead atoms. The Labute approximate surface area is 479 Å². The summed E-state index contributed by atoms with van der Waals surface area (Å²) in [7, 11) is 2.42. The van der Waals surface area contributed by atoms with Crippen LogP contribution in [0.25, 0.3) is 0 Å². The van der Waals surface area contributed by atoms with Crippen molar-refractivity contribution in [3.8, 4) is 5.75 Å². The van der Waals surface area contributed by atoms with Crippen LogP contribution in [0.3, 0.4) is 0 Å². The van der Waals surface area contributed by atoms with Crippen molar-refractivity contribution in [2.45, 2.75) is 243 Å². The highest BCUT2D eigenvalue weighted by molar-refractivity contribution is 6.73. The third-order valence-corrected chi connectivity index (χ3v) is 21.4. The fourth-order valence-corrected chi connectivity index (χ4v) is 14.8. The Morgan fingerprint density at radius 1 is 0.775 bits per heavy atom. The summed E-state index contributed by atoms with van der Waals surface area (Å²) >= 11 is 0. The van der Waals surface area contributed by atoms with Gasteiger partial charge >= 0.3 is 17.9 Å². The van der Waals surface area contributed by atoms with E-state index in [1.165, 1.54) is 20.3 Å². The fourth-order valence-electron chi connectivity index (χ4n) is 11.9. The zero-order chi connectivity index (χ0) is 57.7. The second-order valence-corrected chi connectivity index (χ2v) is 27.7. The Morgan fingerprint density at radius 3 is 2.14 bits per heavy atom. The minimum Gasteiger partial charge on any atom is -0.497 e. The van der Waals surface area contributed by atoms with Crippen LogP contribution in [0.4, 0.5) is 0 Å². The molecule has 0 saturated carbocycles. The number of cyclic esters (lactones) is 1. The van der Waals surface area contributed by atoms with Gasteiger partial charge in [-0.1, -0.05) is 134 Å². The number of rotatable bonds is 24. The highest BCUT2D eigenvalue weighted by Crippen LogP contribution is 2.49. The maximum absolute atomic E-state index is 14.9. The van der Waals surface area contributed by atoms with Crippen LogP contribution in [0.2, 0.25) is 18.1 Å². The van der Waals surface area contributed by atoms with Gasteiger partial charge in [0, 0.05) is 50.4 Å². The number of carbonyl (C=O) groups excluding carboxylic acids is 3. The smallest absolute Gasteiger partial charge is 0.330 e. The van der Waals surface area contributed by atoms with Crippen molar-refractivity contribution in [2.24, 2.45) is 5.41 Å². The van der Waals surface area contributed by atoms with Gasteiger partial charge in [0.15, 0.2) is 14.4 Å². The lowest BCUT2D eigenvalue weighted by Crippen LogP contribution is -2.63. The van der Waals surface area contributed by atoms with Crippen molar-refractivity contribution in [1.29, 1.82) is 0 Å². The number of methoxy groups -OCH3 is 3. The molecule has 0 N–H and O–H groups in total. The monoisotopic (exact) mass is 1130 g/mol. The summed E-state index contributed by atoms with van der Waals surface area (Å²) in [6, 6.07) is 20.5. The number of fused-ring (bicyclic) bond motifs is 6. The summed E-state index contributed by atoms with van der Waals surface area (Å²) in [4.78, 5) is 42.3. The molecule has 0 aliphatic carbocycles. The minimum atomic E-state index is -2.04. The number of carbonyl (C=O) groups is 3. The van der Waals surface area contributed by atoms with Crippen molar-refractivity contribution < 1.29 is 70.9 Å². The molecule has 446 valence electrons. The van der Waals surface area contributed by atoms with Gasteiger partial charge in [-0.3, -0.25) is 9.59 Å². The largest absolute Gasteiger partial charge is 0.497 e. The molecule has 0 radical (unpaired) electrons. The van der Waals surface area contributed by atoms with Crippen LogP contribution in [0.15, 0.2) is 90.6 Å². The molecule has 4 aliphatic rings. The maximum Gasteiger partial charge on any atom is 0.330 e. The van der Waals surface area contributed by atoms with Gasteiger partial charge in [0.1, 0.15) is 18.6 Å². The van der Waals surface area contributed by atoms with Crippen LogP contribution in [0.5, 0.6) is 5.75 Å². The van der Waals surface area contributed by atoms with Gasteiger partial charge in [0.05, 0.1) is 76.6 Å². The number of esters is 3. The molecule has 3 fully saturated rings. The van der Waals surface area contributed by atoms with E-state index < -0.39 is 67.9 Å². The highest BCUT2D eigenvalue weighted by Gasteiger charge is 2.59. The Morgan fingerprint density at radius 2 is 1.46 bits per heavy atom. The van der Waals surface area contributed by atoms with Gasteiger partial charge in [0.2, 0.25) is 5.79 Å². The van der Waals surface area contributed by atoms with Crippen molar-refractivity contribution in [2.75, 3.05) is 28.1 Å². The predicted molar refractivity (Wildman–Crippen MR) is 309 cm³/mol. The Hall–Kier alpha value is -4.23. The molecule has 0 unspecified atom stereocenters. The van der Waals surface area contributed by atoms with Crippen molar-refractivity contribution in [3.05, 3.63) is 102 Å². The summed E-state index contributed by atoms with van der Waals surface area (Å²) < 4.78 is 78.1. The first-order valence-electron chi connectivity index (χ1n) is 29.7. The van der Waals surface area contributed by atoms with E-state index in [1.54, 1.807) is 7.11 Å². The Bertz CT molecular complexity index is 2270. The Kier molecular flexibility index (Phi) is 26.0. The SMILES string of the molecule is C=C1C[C@H]2C[C@H]3C[C@@H](O[Si](CC)(CC)CC)C[C@@H](C[C@@H](OCc4ccc(OC)cc4)CC(=O)O[C@@H]([C@@H](C)OCOCc4ccccc4)C[C@@H]4C/C(=C\C(=O)OC)[C@H](OC(=O)CCCCCCC)[C@@](OC)(O4)C(C)(C)/C=C/[C@@H](C1)O2)O3. The van der Waals surface area contributed by atoms with Gasteiger partial charge in [-0.15, -0.1) is 0 Å². The topological polar surface area (TPSA) is 162 Å². The van der Waals surface area contributed by atoms with Gasteiger partial charge in [0.25, 0.3) is 0 Å². The van der Waals surface area contributed by atoms with Crippen molar-refractivity contribution in [1.82, 2.24) is 0 Å². The first-order chi connectivity index (χ1) is 38.5. The van der Waals surface area contributed by atoms with Crippen molar-refractivity contribution in [3.63, 3.8) is 0 Å². The van der Waals surface area contributed by atoms with Gasteiger partial charge in [-0.2, -0.15) is 0 Å². The molecule has 15 nitrogen and oxygen atoms in total. The van der Waals surface area contributed by atoms with Crippen LogP contribution in [-0.4, -0.2) is 121 Å². The molecule has 6 rings (SSSR count). The normalized spacial score (nSPS) is 29.0. The first-order valence-corrected chi connectivity index (χ1v) is 32.2. The van der Waals surface area contributed by atoms with Gasteiger partial charge < -0.3 is 56.5 Å². The van der Waals surface area contributed by atoms with Gasteiger partial charge in [-0.25, -0.2) is 4.79 Å². The second-order valence-electron chi connectivity index (χ2n) is 23.0. The molecule has 4 heterocycles. The van der Waals surface area contributed by atoms with Crippen LogP contribution in [0, 0.1) is 5.41 Å². The van der Waals surface area contributed by atoms with E-state index in [1.807, 2.05) is 87.5 Å². The first kappa shape index (κ1) is 64.9. The van der Waals surface area contributed by atoms with Gasteiger partial charge in [-0.05, 0) is 92.4 Å². The zero-order valence-corrected chi connectivity index (χ0v) is 50.9. The van der Waals surface area contributed by atoms with Crippen LogP contribution in [0.1, 0.15) is 156 Å². The highest BCUT2D eigenvalue weighted by atomic mass is 28.4. The number of hydrogen-bond acceptors (Lipinski definition) is 15. The lowest BCUT2D eigenvalue weighted by Gasteiger charge is -2.53. The molecular weight excluding hydrogens is 1040 g/mol. The zero-order valence-electron chi connectivity index (χ0n) is 49.9. The average Bonchev–Trinajstić information content (AvgIpc) is 3.65. The van der Waals surface area contributed by atoms with E-state index in [0.717, 1.165) is 66.3 Å². The molecule has 0 aromatic heterocycles. The molecule has 2 aromatic rings. The second kappa shape index (κ2) is 32.0. The lowest BCUT2D eigenvalue weighted by molar-refractivity contribution is -0.338. The van der Waals surface area contributed by atoms with E-state index in [-0.39, 0.29) is 69.6 Å². The number of hydrogen-bond donors (Lipinski definition) is 0. The number of ether oxygens (including phenoxy) is 11.